The van der Waals surface area contributed by atoms with Crippen LogP contribution in [-0.2, 0) is 17.9 Å². The van der Waals surface area contributed by atoms with Crippen molar-refractivity contribution < 1.29 is 4.79 Å². The molecular formula is C20H23N5O. The Kier molecular flexibility index (Phi) is 5.31. The zero-order valence-corrected chi connectivity index (χ0v) is 15.3. The lowest BCUT2D eigenvalue weighted by Crippen LogP contribution is -2.10. The van der Waals surface area contributed by atoms with Crippen molar-refractivity contribution in [2.45, 2.75) is 33.9 Å². The molecule has 0 aliphatic heterocycles. The van der Waals surface area contributed by atoms with Crippen LogP contribution < -0.4 is 5.32 Å². The highest BCUT2D eigenvalue weighted by molar-refractivity contribution is 6.02. The number of nitrogens with zero attached hydrogens (tertiary/aromatic N) is 4. The molecule has 1 aromatic carbocycles. The summed E-state index contributed by atoms with van der Waals surface area (Å²) in [6.45, 7) is 7.37. The maximum absolute atomic E-state index is 12.3. The Bertz CT molecular complexity index is 921. The highest BCUT2D eigenvalue weighted by atomic mass is 16.1. The fourth-order valence-corrected chi connectivity index (χ4v) is 2.76. The van der Waals surface area contributed by atoms with Gasteiger partial charge in [0.2, 0.25) is 5.91 Å². The van der Waals surface area contributed by atoms with Gasteiger partial charge in [-0.2, -0.15) is 10.2 Å². The van der Waals surface area contributed by atoms with Crippen molar-refractivity contribution in [2.24, 2.45) is 0 Å². The van der Waals surface area contributed by atoms with Gasteiger partial charge in [0.1, 0.15) is 0 Å². The lowest BCUT2D eigenvalue weighted by Gasteiger charge is -2.06. The van der Waals surface area contributed by atoms with Crippen LogP contribution in [0.15, 0.2) is 48.8 Å². The lowest BCUT2D eigenvalue weighted by atomic mass is 10.2. The molecule has 3 aromatic rings. The highest BCUT2D eigenvalue weighted by Gasteiger charge is 2.13. The number of carbonyl (C=O) groups is 1. The van der Waals surface area contributed by atoms with Crippen LogP contribution in [0.5, 0.6) is 0 Å². The van der Waals surface area contributed by atoms with Gasteiger partial charge in [-0.25, -0.2) is 0 Å². The van der Waals surface area contributed by atoms with Crippen molar-refractivity contribution in [2.75, 3.05) is 5.32 Å². The molecule has 6 heteroatoms. The normalized spacial score (nSPS) is 11.2. The lowest BCUT2D eigenvalue weighted by molar-refractivity contribution is -0.111. The van der Waals surface area contributed by atoms with E-state index in [2.05, 4.69) is 27.6 Å². The molecule has 2 heterocycles. The fourth-order valence-electron chi connectivity index (χ4n) is 2.76. The predicted octanol–water partition coefficient (Wildman–Crippen LogP) is 3.42. The summed E-state index contributed by atoms with van der Waals surface area (Å²) in [6.07, 6.45) is 6.91. The summed E-state index contributed by atoms with van der Waals surface area (Å²) in [4.78, 5) is 12.3. The molecule has 6 nitrogen and oxygen atoms in total. The Balaban J connectivity index is 1.70. The van der Waals surface area contributed by atoms with Gasteiger partial charge in [-0.05, 0) is 32.4 Å². The van der Waals surface area contributed by atoms with Crippen molar-refractivity contribution in [3.05, 3.63) is 71.3 Å². The number of aromatic nitrogens is 4. The van der Waals surface area contributed by atoms with E-state index in [1.807, 2.05) is 54.5 Å². The third-order valence-corrected chi connectivity index (χ3v) is 4.21. The second kappa shape index (κ2) is 7.82. The van der Waals surface area contributed by atoms with Crippen LogP contribution in [0.4, 0.5) is 5.69 Å². The summed E-state index contributed by atoms with van der Waals surface area (Å²) in [5, 5.41) is 11.7. The molecule has 0 fully saturated rings. The Morgan fingerprint density at radius 2 is 2.00 bits per heavy atom. The van der Waals surface area contributed by atoms with E-state index >= 15 is 0 Å². The quantitative estimate of drug-likeness (QED) is 0.694. The highest BCUT2D eigenvalue weighted by Crippen LogP contribution is 2.20. The second-order valence-electron chi connectivity index (χ2n) is 6.14. The number of nitrogens with one attached hydrogen (secondary N) is 1. The minimum absolute atomic E-state index is 0.181. The van der Waals surface area contributed by atoms with E-state index in [9.17, 15) is 4.79 Å². The van der Waals surface area contributed by atoms with Crippen molar-refractivity contribution in [1.29, 1.82) is 0 Å². The number of hydrogen-bond acceptors (Lipinski definition) is 3. The summed E-state index contributed by atoms with van der Waals surface area (Å²) in [6, 6.07) is 10.1. The molecule has 0 saturated heterocycles. The molecule has 0 saturated carbocycles. The molecule has 3 rings (SSSR count). The molecule has 26 heavy (non-hydrogen) atoms. The van der Waals surface area contributed by atoms with E-state index in [0.29, 0.717) is 6.54 Å². The van der Waals surface area contributed by atoms with Crippen LogP contribution in [0.3, 0.4) is 0 Å². The maximum Gasteiger partial charge on any atom is 0.248 e. The van der Waals surface area contributed by atoms with Gasteiger partial charge in [0.15, 0.2) is 0 Å². The van der Waals surface area contributed by atoms with E-state index in [-0.39, 0.29) is 5.91 Å². The summed E-state index contributed by atoms with van der Waals surface area (Å²) in [5.74, 6) is -0.181. The third kappa shape index (κ3) is 4.08. The van der Waals surface area contributed by atoms with Crippen LogP contribution in [0.2, 0.25) is 0 Å². The average molecular weight is 349 g/mol. The van der Waals surface area contributed by atoms with E-state index in [1.165, 1.54) is 11.6 Å². The van der Waals surface area contributed by atoms with Gasteiger partial charge in [0.25, 0.3) is 0 Å². The van der Waals surface area contributed by atoms with E-state index in [1.54, 1.807) is 12.3 Å². The van der Waals surface area contributed by atoms with Crippen LogP contribution in [0, 0.1) is 13.8 Å². The van der Waals surface area contributed by atoms with Crippen molar-refractivity contribution in [3.8, 4) is 0 Å². The fraction of sp³-hybridized carbons (Fsp3) is 0.250. The topological polar surface area (TPSA) is 64.7 Å². The first-order valence-corrected chi connectivity index (χ1v) is 8.66. The third-order valence-electron chi connectivity index (χ3n) is 4.21. The maximum atomic E-state index is 12.3. The number of hydrogen-bond donors (Lipinski definition) is 1. The molecular weight excluding hydrogens is 326 g/mol. The van der Waals surface area contributed by atoms with Gasteiger partial charge in [0, 0.05) is 24.4 Å². The van der Waals surface area contributed by atoms with Gasteiger partial charge < -0.3 is 5.32 Å². The van der Waals surface area contributed by atoms with Crippen molar-refractivity contribution >= 4 is 17.7 Å². The van der Waals surface area contributed by atoms with E-state index < -0.39 is 0 Å². The van der Waals surface area contributed by atoms with Crippen molar-refractivity contribution in [1.82, 2.24) is 19.6 Å². The van der Waals surface area contributed by atoms with E-state index in [4.69, 9.17) is 0 Å². The predicted molar refractivity (Wildman–Crippen MR) is 103 cm³/mol. The zero-order chi connectivity index (χ0) is 18.5. The number of amides is 1. The molecule has 0 spiro atoms. The van der Waals surface area contributed by atoms with Gasteiger partial charge >= 0.3 is 0 Å². The molecule has 0 aliphatic rings. The number of benzene rings is 1. The average Bonchev–Trinajstić information content (AvgIpc) is 3.21. The smallest absolute Gasteiger partial charge is 0.248 e. The largest absolute Gasteiger partial charge is 0.319 e. The van der Waals surface area contributed by atoms with E-state index in [0.717, 1.165) is 29.2 Å². The zero-order valence-electron chi connectivity index (χ0n) is 15.3. The van der Waals surface area contributed by atoms with Crippen LogP contribution >= 0.6 is 0 Å². The van der Waals surface area contributed by atoms with Gasteiger partial charge in [-0.1, -0.05) is 30.3 Å². The SMILES string of the molecule is CCn1cc(C=CC(=O)Nc2c(C)nn(Cc3ccccc3)c2C)cn1. The van der Waals surface area contributed by atoms with Gasteiger partial charge in [-0.15, -0.1) is 0 Å². The first-order chi connectivity index (χ1) is 12.6. The number of aryl methyl sites for hydroxylation is 2. The molecule has 2 aromatic heterocycles. The van der Waals surface area contributed by atoms with Crippen molar-refractivity contribution in [3.63, 3.8) is 0 Å². The summed E-state index contributed by atoms with van der Waals surface area (Å²) in [7, 11) is 0. The van der Waals surface area contributed by atoms with Gasteiger partial charge in [0.05, 0.1) is 29.8 Å². The van der Waals surface area contributed by atoms with Crippen LogP contribution in [0.1, 0.15) is 29.4 Å². The Labute approximate surface area is 153 Å². The Morgan fingerprint density at radius 1 is 1.23 bits per heavy atom. The standard InChI is InChI=1S/C20H23N5O/c1-4-24-13-18(12-21-24)10-11-19(26)22-20-15(2)23-25(16(20)3)14-17-8-6-5-7-9-17/h5-13H,4,14H2,1-3H3,(H,22,26). The molecule has 1 N–H and O–H groups in total. The molecule has 0 aliphatic carbocycles. The van der Waals surface area contributed by atoms with Crippen LogP contribution in [-0.4, -0.2) is 25.5 Å². The number of anilines is 1. The summed E-state index contributed by atoms with van der Waals surface area (Å²) in [5.41, 5.74) is 4.57. The molecule has 0 unspecified atom stereocenters. The first kappa shape index (κ1) is 17.7. The summed E-state index contributed by atoms with van der Waals surface area (Å²) < 4.78 is 3.73. The molecule has 134 valence electrons. The number of rotatable bonds is 6. The Morgan fingerprint density at radius 3 is 2.69 bits per heavy atom. The second-order valence-corrected chi connectivity index (χ2v) is 6.14. The Hall–Kier alpha value is -3.15. The minimum Gasteiger partial charge on any atom is -0.319 e. The summed E-state index contributed by atoms with van der Waals surface area (Å²) >= 11 is 0. The molecule has 0 atom stereocenters. The van der Waals surface area contributed by atoms with Crippen LogP contribution in [0.25, 0.3) is 6.08 Å². The molecule has 0 bridgehead atoms. The first-order valence-electron chi connectivity index (χ1n) is 8.66. The molecule has 0 radical (unpaired) electrons. The monoisotopic (exact) mass is 349 g/mol. The number of carbonyl (C=O) groups excluding carboxylic acids is 1. The minimum atomic E-state index is -0.181. The molecule has 1 amide bonds. The van der Waals surface area contributed by atoms with Gasteiger partial charge in [-0.3, -0.25) is 14.2 Å².